The maximum Gasteiger partial charge on any atom is 0.332 e. The first kappa shape index (κ1) is 10.4. The van der Waals surface area contributed by atoms with Crippen molar-refractivity contribution in [3.63, 3.8) is 0 Å². The van der Waals surface area contributed by atoms with Crippen LogP contribution in [0.3, 0.4) is 0 Å². The van der Waals surface area contributed by atoms with Crippen LogP contribution in [0.1, 0.15) is 6.42 Å². The van der Waals surface area contributed by atoms with Crippen LogP contribution in [0.15, 0.2) is 12.7 Å². The first-order valence-corrected chi connectivity index (χ1v) is 4.45. The number of hydrogen-bond donors (Lipinski definition) is 3. The zero-order chi connectivity index (χ0) is 9.07. The van der Waals surface area contributed by atoms with E-state index < -0.39 is 25.6 Å². The molecule has 0 saturated heterocycles. The third kappa shape index (κ3) is 3.93. The standard InChI is InChI=1S/C5H9O5P/c1-2-4(3-5(6)7)11(8,9)10/h2,4H,1,3H2,(H,6,7)(H2,8,9,10). The molecule has 0 rings (SSSR count). The van der Waals surface area contributed by atoms with E-state index in [1.807, 2.05) is 0 Å². The van der Waals surface area contributed by atoms with Gasteiger partial charge in [-0.25, -0.2) is 0 Å². The molecule has 1 unspecified atom stereocenters. The van der Waals surface area contributed by atoms with Gasteiger partial charge in [-0.3, -0.25) is 9.36 Å². The molecule has 0 aromatic rings. The topological polar surface area (TPSA) is 94.8 Å². The highest BCUT2D eigenvalue weighted by Gasteiger charge is 2.27. The molecule has 0 saturated carbocycles. The summed E-state index contributed by atoms with van der Waals surface area (Å²) in [5.41, 5.74) is -1.28. The normalized spacial score (nSPS) is 14.0. The molecule has 5 nitrogen and oxygen atoms in total. The highest BCUT2D eigenvalue weighted by atomic mass is 31.2. The number of aliphatic carboxylic acids is 1. The molecule has 0 aliphatic carbocycles. The Morgan fingerprint density at radius 2 is 2.09 bits per heavy atom. The minimum absolute atomic E-state index is 0.590. The lowest BCUT2D eigenvalue weighted by atomic mass is 10.3. The summed E-state index contributed by atoms with van der Waals surface area (Å²) < 4.78 is 10.5. The number of carboxylic acids is 1. The van der Waals surface area contributed by atoms with Crippen molar-refractivity contribution < 1.29 is 24.3 Å². The van der Waals surface area contributed by atoms with E-state index in [4.69, 9.17) is 14.9 Å². The third-order valence-electron chi connectivity index (χ3n) is 1.09. The second kappa shape index (κ2) is 3.67. The summed E-state index contributed by atoms with van der Waals surface area (Å²) in [6.45, 7) is 3.12. The van der Waals surface area contributed by atoms with Gasteiger partial charge in [-0.15, -0.1) is 6.58 Å². The average molecular weight is 180 g/mol. The summed E-state index contributed by atoms with van der Waals surface area (Å²) in [5.74, 6) is -1.25. The Morgan fingerprint density at radius 1 is 1.64 bits per heavy atom. The van der Waals surface area contributed by atoms with Crippen molar-refractivity contribution in [2.45, 2.75) is 12.1 Å². The molecule has 0 aromatic carbocycles. The number of carboxylic acid groups (broad SMARTS) is 1. The third-order valence-corrected chi connectivity index (χ3v) is 2.35. The quantitative estimate of drug-likeness (QED) is 0.424. The molecule has 0 aliphatic heterocycles. The predicted molar refractivity (Wildman–Crippen MR) is 38.3 cm³/mol. The fourth-order valence-electron chi connectivity index (χ4n) is 0.518. The molecule has 64 valence electrons. The van der Waals surface area contributed by atoms with E-state index in [-0.39, 0.29) is 0 Å². The van der Waals surface area contributed by atoms with Gasteiger partial charge in [0, 0.05) is 0 Å². The van der Waals surface area contributed by atoms with Crippen molar-refractivity contribution in [3.05, 3.63) is 12.7 Å². The summed E-state index contributed by atoms with van der Waals surface area (Å²) >= 11 is 0. The van der Waals surface area contributed by atoms with Crippen LogP contribution in [0.25, 0.3) is 0 Å². The van der Waals surface area contributed by atoms with Crippen LogP contribution < -0.4 is 0 Å². The summed E-state index contributed by atoms with van der Waals surface area (Å²) in [4.78, 5) is 27.0. The smallest absolute Gasteiger partial charge is 0.332 e. The van der Waals surface area contributed by atoms with Gasteiger partial charge in [0.15, 0.2) is 0 Å². The predicted octanol–water partition coefficient (Wildman–Crippen LogP) is 0.193. The Labute approximate surface area is 63.5 Å². The van der Waals surface area contributed by atoms with Crippen molar-refractivity contribution in [3.8, 4) is 0 Å². The van der Waals surface area contributed by atoms with Gasteiger partial charge in [-0.1, -0.05) is 6.08 Å². The Kier molecular flexibility index (Phi) is 3.45. The van der Waals surface area contributed by atoms with Crippen molar-refractivity contribution in [2.24, 2.45) is 0 Å². The monoisotopic (exact) mass is 180 g/mol. The maximum atomic E-state index is 10.5. The van der Waals surface area contributed by atoms with E-state index in [0.717, 1.165) is 6.08 Å². The van der Waals surface area contributed by atoms with Gasteiger partial charge in [-0.05, 0) is 0 Å². The molecule has 0 fully saturated rings. The minimum Gasteiger partial charge on any atom is -0.481 e. The minimum atomic E-state index is -4.33. The number of rotatable bonds is 4. The number of hydrogen-bond acceptors (Lipinski definition) is 2. The van der Waals surface area contributed by atoms with Crippen LogP contribution >= 0.6 is 7.60 Å². The average Bonchev–Trinajstić information content (AvgIpc) is 1.79. The molecule has 11 heavy (non-hydrogen) atoms. The lowest BCUT2D eigenvalue weighted by Crippen LogP contribution is -2.10. The second-order valence-electron chi connectivity index (χ2n) is 1.99. The van der Waals surface area contributed by atoms with E-state index in [1.165, 1.54) is 0 Å². The molecule has 6 heteroatoms. The molecule has 1 atom stereocenters. The number of allylic oxidation sites excluding steroid dienone is 1. The Bertz CT molecular complexity index is 205. The van der Waals surface area contributed by atoms with Crippen LogP contribution in [0.2, 0.25) is 0 Å². The van der Waals surface area contributed by atoms with E-state index in [9.17, 15) is 9.36 Å². The summed E-state index contributed by atoms with van der Waals surface area (Å²) in [7, 11) is -4.33. The summed E-state index contributed by atoms with van der Waals surface area (Å²) in [5, 5.41) is 8.19. The van der Waals surface area contributed by atoms with Gasteiger partial charge >= 0.3 is 13.6 Å². The lowest BCUT2D eigenvalue weighted by molar-refractivity contribution is -0.136. The molecule has 0 spiro atoms. The van der Waals surface area contributed by atoms with E-state index in [0.29, 0.717) is 0 Å². The van der Waals surface area contributed by atoms with Crippen molar-refractivity contribution >= 4 is 13.6 Å². The highest BCUT2D eigenvalue weighted by Crippen LogP contribution is 2.43. The fourth-order valence-corrected chi connectivity index (χ4v) is 1.19. The molecule has 0 aliphatic rings. The Morgan fingerprint density at radius 3 is 2.18 bits per heavy atom. The van der Waals surface area contributed by atoms with Crippen LogP contribution in [0.5, 0.6) is 0 Å². The summed E-state index contributed by atoms with van der Waals surface area (Å²) in [6.07, 6.45) is 0.364. The molecule has 0 aromatic heterocycles. The van der Waals surface area contributed by atoms with Gasteiger partial charge in [-0.2, -0.15) is 0 Å². The Hall–Kier alpha value is -0.640. The van der Waals surface area contributed by atoms with Gasteiger partial charge in [0.25, 0.3) is 0 Å². The van der Waals surface area contributed by atoms with Crippen LogP contribution in [-0.4, -0.2) is 26.5 Å². The lowest BCUT2D eigenvalue weighted by Gasteiger charge is -2.10. The maximum absolute atomic E-state index is 10.5. The van der Waals surface area contributed by atoms with Crippen molar-refractivity contribution in [1.29, 1.82) is 0 Å². The largest absolute Gasteiger partial charge is 0.481 e. The van der Waals surface area contributed by atoms with Crippen LogP contribution in [-0.2, 0) is 9.36 Å². The highest BCUT2D eigenvalue weighted by molar-refractivity contribution is 7.52. The number of carbonyl (C=O) groups is 1. The Balaban J connectivity index is 4.31. The van der Waals surface area contributed by atoms with Crippen molar-refractivity contribution in [1.82, 2.24) is 0 Å². The van der Waals surface area contributed by atoms with Crippen LogP contribution in [0, 0.1) is 0 Å². The van der Waals surface area contributed by atoms with Crippen LogP contribution in [0.4, 0.5) is 0 Å². The van der Waals surface area contributed by atoms with E-state index in [1.54, 1.807) is 0 Å². The SMILES string of the molecule is C=CC(CC(=O)O)P(=O)(O)O. The van der Waals surface area contributed by atoms with Gasteiger partial charge in [0.2, 0.25) is 0 Å². The molecule has 0 radical (unpaired) electrons. The zero-order valence-electron chi connectivity index (χ0n) is 5.67. The summed E-state index contributed by atoms with van der Waals surface area (Å²) in [6, 6.07) is 0. The molecule has 0 amide bonds. The van der Waals surface area contributed by atoms with E-state index in [2.05, 4.69) is 6.58 Å². The first-order chi connectivity index (χ1) is 4.88. The van der Waals surface area contributed by atoms with E-state index >= 15 is 0 Å². The first-order valence-electron chi connectivity index (χ1n) is 2.77. The molecular weight excluding hydrogens is 171 g/mol. The molecular formula is C5H9O5P. The van der Waals surface area contributed by atoms with Gasteiger partial charge in [0.1, 0.15) is 0 Å². The second-order valence-corrected chi connectivity index (χ2v) is 3.83. The van der Waals surface area contributed by atoms with Gasteiger partial charge in [0.05, 0.1) is 12.1 Å². The van der Waals surface area contributed by atoms with Crippen molar-refractivity contribution in [2.75, 3.05) is 0 Å². The molecule has 3 N–H and O–H groups in total. The molecule has 0 bridgehead atoms. The molecule has 0 heterocycles. The van der Waals surface area contributed by atoms with Gasteiger partial charge < -0.3 is 14.9 Å². The fraction of sp³-hybridized carbons (Fsp3) is 0.400. The zero-order valence-corrected chi connectivity index (χ0v) is 6.57.